The Morgan fingerprint density at radius 3 is 1.65 bits per heavy atom. The van der Waals surface area contributed by atoms with Gasteiger partial charge in [0, 0.05) is 29.9 Å². The average Bonchev–Trinajstić information content (AvgIpc) is 3.62. The molecule has 0 radical (unpaired) electrons. The number of carboxylic acid groups (broad SMARTS) is 1. The third kappa shape index (κ3) is 15.1. The summed E-state index contributed by atoms with van der Waals surface area (Å²) in [6.07, 6.45) is -0.0330. The van der Waals surface area contributed by atoms with Crippen LogP contribution in [0.15, 0.2) is 54.7 Å². The van der Waals surface area contributed by atoms with Gasteiger partial charge in [0.1, 0.15) is 42.0 Å². The molecule has 0 aliphatic carbocycles. The number of aromatic hydroxyl groups is 1. The number of primary amides is 2. The van der Waals surface area contributed by atoms with E-state index in [4.69, 9.17) is 17.2 Å². The van der Waals surface area contributed by atoms with E-state index in [9.17, 15) is 58.5 Å². The number of hydrogen-bond acceptors (Lipinski definition) is 12. The molecular formula is C41H56N10O12. The van der Waals surface area contributed by atoms with Crippen molar-refractivity contribution >= 4 is 64.1 Å². The van der Waals surface area contributed by atoms with Crippen LogP contribution in [0.1, 0.15) is 51.7 Å². The number of phenols is 1. The number of nitrogens with one attached hydrogen (secondary N) is 7. The molecule has 16 N–H and O–H groups in total. The third-order valence-electron chi connectivity index (χ3n) is 9.83. The summed E-state index contributed by atoms with van der Waals surface area (Å²) in [5.41, 5.74) is 17.8. The zero-order valence-corrected chi connectivity index (χ0v) is 35.2. The fourth-order valence-corrected chi connectivity index (χ4v) is 6.36. The second-order valence-corrected chi connectivity index (χ2v) is 15.6. The molecule has 0 aliphatic heterocycles. The van der Waals surface area contributed by atoms with E-state index >= 15 is 0 Å². The molecule has 0 fully saturated rings. The predicted octanol–water partition coefficient (Wildman–Crippen LogP) is -2.97. The molecule has 0 spiro atoms. The van der Waals surface area contributed by atoms with Crippen LogP contribution in [0, 0.1) is 11.8 Å². The molecule has 3 rings (SSSR count). The van der Waals surface area contributed by atoms with Gasteiger partial charge in [-0.25, -0.2) is 4.79 Å². The van der Waals surface area contributed by atoms with E-state index in [1.807, 2.05) is 0 Å². The van der Waals surface area contributed by atoms with E-state index in [0.717, 1.165) is 10.9 Å². The van der Waals surface area contributed by atoms with Crippen molar-refractivity contribution < 1.29 is 58.5 Å². The van der Waals surface area contributed by atoms with Gasteiger partial charge in [-0.05, 0) is 41.2 Å². The summed E-state index contributed by atoms with van der Waals surface area (Å²) >= 11 is 0. The van der Waals surface area contributed by atoms with Gasteiger partial charge in [0.15, 0.2) is 0 Å². The highest BCUT2D eigenvalue weighted by molar-refractivity contribution is 5.99. The lowest BCUT2D eigenvalue weighted by atomic mass is 10.00. The molecule has 7 atom stereocenters. The molecule has 3 aromatic rings. The van der Waals surface area contributed by atoms with Gasteiger partial charge in [-0.3, -0.25) is 38.4 Å². The summed E-state index contributed by atoms with van der Waals surface area (Å²) in [5, 5.41) is 45.2. The van der Waals surface area contributed by atoms with Gasteiger partial charge in [0.05, 0.1) is 25.5 Å². The smallest absolute Gasteiger partial charge is 0.326 e. The van der Waals surface area contributed by atoms with Gasteiger partial charge in [-0.2, -0.15) is 0 Å². The first-order chi connectivity index (χ1) is 29.6. The summed E-state index contributed by atoms with van der Waals surface area (Å²) in [6, 6.07) is 2.24. The van der Waals surface area contributed by atoms with Gasteiger partial charge in [-0.15, -0.1) is 0 Å². The summed E-state index contributed by atoms with van der Waals surface area (Å²) in [5.74, 6) is -10.5. The molecule has 1 heterocycles. The highest BCUT2D eigenvalue weighted by Gasteiger charge is 2.35. The molecule has 0 saturated heterocycles. The van der Waals surface area contributed by atoms with Crippen molar-refractivity contribution in [2.24, 2.45) is 29.0 Å². The van der Waals surface area contributed by atoms with Gasteiger partial charge in [-0.1, -0.05) is 58.0 Å². The van der Waals surface area contributed by atoms with Gasteiger partial charge in [0.25, 0.3) is 0 Å². The molecule has 342 valence electrons. The van der Waals surface area contributed by atoms with Gasteiger partial charge >= 0.3 is 5.97 Å². The lowest BCUT2D eigenvalue weighted by molar-refractivity contribution is -0.143. The van der Waals surface area contributed by atoms with Crippen molar-refractivity contribution in [3.05, 3.63) is 65.9 Å². The van der Waals surface area contributed by atoms with Crippen molar-refractivity contribution in [3.63, 3.8) is 0 Å². The van der Waals surface area contributed by atoms with Crippen LogP contribution in [0.5, 0.6) is 5.75 Å². The van der Waals surface area contributed by atoms with Crippen LogP contribution >= 0.6 is 0 Å². The Morgan fingerprint density at radius 1 is 0.603 bits per heavy atom. The Morgan fingerprint density at radius 2 is 1.10 bits per heavy atom. The second-order valence-electron chi connectivity index (χ2n) is 15.6. The number of rotatable bonds is 24. The standard InChI is InChI=1S/C41H56N10O12/c1-19(2)33(50-38(59)29(16-32(44)55)46-35(56)25(42)15-31(43)54)40(61)49-30(18-52)39(60)47-27(13-21-9-11-23(53)12-10-21)36(57)48-28(37(58)51-34(20(3)4)41(62)63)14-22-17-45-26-8-6-5-7-24(22)26/h5-12,17,19-20,25,27-30,33-34,45,52-53H,13-16,18,42H2,1-4H3,(H2,43,54)(H2,44,55)(H,46,56)(H,47,60)(H,48,57)(H,49,61)(H,50,59)(H,51,58)(H,62,63)/t25-,27-,28-,29-,30-,33-,34-/m0/s1. The van der Waals surface area contributed by atoms with Crippen molar-refractivity contribution in [2.75, 3.05) is 6.61 Å². The van der Waals surface area contributed by atoms with E-state index in [1.165, 1.54) is 38.1 Å². The third-order valence-corrected chi connectivity index (χ3v) is 9.83. The van der Waals surface area contributed by atoms with Gasteiger partial charge in [0.2, 0.25) is 47.3 Å². The monoisotopic (exact) mass is 880 g/mol. The maximum absolute atomic E-state index is 14.2. The zero-order valence-electron chi connectivity index (χ0n) is 35.2. The van der Waals surface area contributed by atoms with Crippen LogP contribution in [0.25, 0.3) is 10.9 Å². The zero-order chi connectivity index (χ0) is 47.1. The van der Waals surface area contributed by atoms with E-state index in [0.29, 0.717) is 11.1 Å². The fourth-order valence-electron chi connectivity index (χ4n) is 6.36. The van der Waals surface area contributed by atoms with Crippen LogP contribution in [-0.2, 0) is 56.0 Å². The Hall–Kier alpha value is -7.07. The maximum Gasteiger partial charge on any atom is 0.326 e. The predicted molar refractivity (Wildman–Crippen MR) is 225 cm³/mol. The number of carbonyl (C=O) groups is 9. The fraction of sp³-hybridized carbons (Fsp3) is 0.439. The number of aromatic nitrogens is 1. The number of benzene rings is 2. The number of carbonyl (C=O) groups excluding carboxylic acids is 8. The molecule has 8 amide bonds. The number of phenolic OH excluding ortho intramolecular Hbond substituents is 1. The largest absolute Gasteiger partial charge is 0.508 e. The van der Waals surface area contributed by atoms with Crippen LogP contribution in [0.3, 0.4) is 0 Å². The number of aliphatic carboxylic acids is 1. The molecule has 22 heteroatoms. The van der Waals surface area contributed by atoms with Crippen LogP contribution in [0.2, 0.25) is 0 Å². The minimum atomic E-state index is -1.74. The molecule has 0 unspecified atom stereocenters. The normalized spacial score (nSPS) is 14.5. The Kier molecular flexibility index (Phi) is 18.5. The molecule has 2 aromatic carbocycles. The number of amides is 8. The van der Waals surface area contributed by atoms with Crippen LogP contribution in [0.4, 0.5) is 0 Å². The van der Waals surface area contributed by atoms with Crippen molar-refractivity contribution in [3.8, 4) is 5.75 Å². The summed E-state index contributed by atoms with van der Waals surface area (Å²) in [7, 11) is 0. The first kappa shape index (κ1) is 50.3. The lowest BCUT2D eigenvalue weighted by Gasteiger charge is -2.28. The summed E-state index contributed by atoms with van der Waals surface area (Å²) < 4.78 is 0. The average molecular weight is 881 g/mol. The van der Waals surface area contributed by atoms with Crippen LogP contribution in [-0.4, -0.2) is 122 Å². The number of aliphatic hydroxyl groups excluding tert-OH is 1. The number of para-hydroxylation sites is 1. The van der Waals surface area contributed by atoms with E-state index in [2.05, 4.69) is 36.9 Å². The molecule has 22 nitrogen and oxygen atoms in total. The molecule has 1 aromatic heterocycles. The number of H-pyrrole nitrogens is 1. The number of nitrogens with two attached hydrogens (primary N) is 3. The second kappa shape index (κ2) is 23.2. The van der Waals surface area contributed by atoms with E-state index in [1.54, 1.807) is 44.3 Å². The molecular weight excluding hydrogens is 825 g/mol. The Bertz CT molecular complexity index is 2140. The molecule has 0 saturated carbocycles. The van der Waals surface area contributed by atoms with Crippen LogP contribution < -0.4 is 49.1 Å². The molecule has 0 aliphatic rings. The van der Waals surface area contributed by atoms with Crippen molar-refractivity contribution in [1.82, 2.24) is 36.9 Å². The molecule has 63 heavy (non-hydrogen) atoms. The van der Waals surface area contributed by atoms with Gasteiger partial charge < -0.3 is 69.4 Å². The minimum absolute atomic E-state index is 0.0952. The lowest BCUT2D eigenvalue weighted by Crippen LogP contribution is -2.61. The quantitative estimate of drug-likeness (QED) is 0.0428. The van der Waals surface area contributed by atoms with Crippen molar-refractivity contribution in [1.29, 1.82) is 0 Å². The summed E-state index contributed by atoms with van der Waals surface area (Å²) in [6.45, 7) is 5.21. The maximum atomic E-state index is 14.2. The van der Waals surface area contributed by atoms with E-state index in [-0.39, 0.29) is 18.6 Å². The Labute approximate surface area is 361 Å². The number of carboxylic acids is 1. The SMILES string of the molecule is CC(C)[C@H](NC(=O)[C@H](Cc1c[nH]c2ccccc12)NC(=O)[C@H](Cc1ccc(O)cc1)NC(=O)[C@H](CO)NC(=O)[C@@H](NC(=O)[C@H](CC(N)=O)NC(=O)[C@@H](N)CC(N)=O)C(C)C)C(=O)O. The highest BCUT2D eigenvalue weighted by atomic mass is 16.4. The first-order valence-corrected chi connectivity index (χ1v) is 19.9. The Balaban J connectivity index is 1.89. The van der Waals surface area contributed by atoms with E-state index < -0.39 is 127 Å². The number of hydrogen-bond donors (Lipinski definition) is 13. The highest BCUT2D eigenvalue weighted by Crippen LogP contribution is 2.20. The molecule has 0 bridgehead atoms. The first-order valence-electron chi connectivity index (χ1n) is 19.9. The topological polar surface area (TPSA) is 380 Å². The number of aliphatic hydroxyl groups is 1. The summed E-state index contributed by atoms with van der Waals surface area (Å²) in [4.78, 5) is 119. The minimum Gasteiger partial charge on any atom is -0.508 e. The van der Waals surface area contributed by atoms with Crippen molar-refractivity contribution in [2.45, 2.75) is 95.7 Å². The number of fused-ring (bicyclic) bond motifs is 1. The number of aromatic amines is 1.